The second-order valence-electron chi connectivity index (χ2n) is 10.5. The van der Waals surface area contributed by atoms with Gasteiger partial charge in [-0.2, -0.15) is 0 Å². The standard InChI is InChI=1S/C32H35N3O3/c36-30(19-23-7-3-1-4-8-23)31(37)21-33-32(38)26-13-11-24(12-14-26)22-35-17-15-27(16-18-35)34-29-20-28(29)25-9-5-2-6-10-25/h1-14,27-29,34H,15-22H2,(H,33,38)/t28-,29+/m0/s1. The number of rotatable bonds is 11. The van der Waals surface area contributed by atoms with Gasteiger partial charge in [0.15, 0.2) is 0 Å². The first-order valence-corrected chi connectivity index (χ1v) is 13.6. The van der Waals surface area contributed by atoms with Gasteiger partial charge < -0.3 is 10.6 Å². The molecule has 3 aromatic carbocycles. The van der Waals surface area contributed by atoms with E-state index in [2.05, 4.69) is 45.9 Å². The molecule has 0 radical (unpaired) electrons. The van der Waals surface area contributed by atoms with Crippen LogP contribution in [0.4, 0.5) is 0 Å². The van der Waals surface area contributed by atoms with E-state index in [0.29, 0.717) is 23.6 Å². The van der Waals surface area contributed by atoms with Gasteiger partial charge in [-0.15, -0.1) is 0 Å². The number of benzene rings is 3. The van der Waals surface area contributed by atoms with E-state index in [1.165, 1.54) is 12.0 Å². The molecule has 1 aliphatic heterocycles. The summed E-state index contributed by atoms with van der Waals surface area (Å²) in [7, 11) is 0. The predicted molar refractivity (Wildman–Crippen MR) is 148 cm³/mol. The SMILES string of the molecule is O=C(CNC(=O)c1ccc(CN2CCC(N[C@@H]3C[C@H]3c3ccccc3)CC2)cc1)C(=O)Cc1ccccc1. The molecule has 6 nitrogen and oxygen atoms in total. The van der Waals surface area contributed by atoms with E-state index in [9.17, 15) is 14.4 Å². The highest BCUT2D eigenvalue weighted by atomic mass is 16.2. The summed E-state index contributed by atoms with van der Waals surface area (Å²) in [4.78, 5) is 39.2. The van der Waals surface area contributed by atoms with E-state index in [1.807, 2.05) is 30.3 Å². The van der Waals surface area contributed by atoms with Crippen LogP contribution < -0.4 is 10.6 Å². The Labute approximate surface area is 224 Å². The van der Waals surface area contributed by atoms with E-state index in [-0.39, 0.29) is 18.9 Å². The van der Waals surface area contributed by atoms with Crippen molar-refractivity contribution >= 4 is 17.5 Å². The molecular formula is C32H35N3O3. The Hall–Kier alpha value is -3.61. The highest BCUT2D eigenvalue weighted by Crippen LogP contribution is 2.41. The van der Waals surface area contributed by atoms with Gasteiger partial charge in [-0.3, -0.25) is 19.3 Å². The molecule has 1 heterocycles. The average Bonchev–Trinajstić information content (AvgIpc) is 3.73. The molecule has 38 heavy (non-hydrogen) atoms. The van der Waals surface area contributed by atoms with E-state index in [4.69, 9.17) is 0 Å². The fourth-order valence-corrected chi connectivity index (χ4v) is 5.27. The van der Waals surface area contributed by atoms with Gasteiger partial charge >= 0.3 is 0 Å². The molecule has 0 spiro atoms. The summed E-state index contributed by atoms with van der Waals surface area (Å²) in [6, 6.07) is 28.6. The number of piperidine rings is 1. The van der Waals surface area contributed by atoms with Gasteiger partial charge in [0.2, 0.25) is 11.6 Å². The van der Waals surface area contributed by atoms with Crippen LogP contribution in [0, 0.1) is 0 Å². The molecule has 2 N–H and O–H groups in total. The number of carbonyl (C=O) groups excluding carboxylic acids is 3. The van der Waals surface area contributed by atoms with Crippen LogP contribution in [0.2, 0.25) is 0 Å². The van der Waals surface area contributed by atoms with Crippen molar-refractivity contribution < 1.29 is 14.4 Å². The summed E-state index contributed by atoms with van der Waals surface area (Å²) in [6.45, 7) is 2.68. The Balaban J connectivity index is 1.01. The Bertz CT molecular complexity index is 1240. The zero-order chi connectivity index (χ0) is 26.3. The van der Waals surface area contributed by atoms with E-state index < -0.39 is 11.6 Å². The molecule has 0 unspecified atom stereocenters. The summed E-state index contributed by atoms with van der Waals surface area (Å²) in [6.07, 6.45) is 3.58. The van der Waals surface area contributed by atoms with Gasteiger partial charge in [-0.1, -0.05) is 72.8 Å². The zero-order valence-electron chi connectivity index (χ0n) is 21.6. The molecule has 2 aliphatic rings. The van der Waals surface area contributed by atoms with Crippen molar-refractivity contribution in [3.8, 4) is 0 Å². The number of nitrogens with one attached hydrogen (secondary N) is 2. The number of carbonyl (C=O) groups is 3. The van der Waals surface area contributed by atoms with Crippen molar-refractivity contribution in [3.05, 3.63) is 107 Å². The van der Waals surface area contributed by atoms with Gasteiger partial charge in [-0.05, 0) is 61.2 Å². The lowest BCUT2D eigenvalue weighted by atomic mass is 10.0. The maximum atomic E-state index is 12.5. The van der Waals surface area contributed by atoms with Crippen LogP contribution in [0.25, 0.3) is 0 Å². The van der Waals surface area contributed by atoms with E-state index in [0.717, 1.165) is 43.6 Å². The van der Waals surface area contributed by atoms with Gasteiger partial charge in [0, 0.05) is 36.5 Å². The molecule has 6 heteroatoms. The van der Waals surface area contributed by atoms with Crippen LogP contribution in [-0.2, 0) is 22.6 Å². The fraction of sp³-hybridized carbons (Fsp3) is 0.344. The summed E-state index contributed by atoms with van der Waals surface area (Å²) in [5, 5.41) is 6.45. The minimum absolute atomic E-state index is 0.0480. The quantitative estimate of drug-likeness (QED) is 0.383. The Morgan fingerprint density at radius 2 is 1.42 bits per heavy atom. The smallest absolute Gasteiger partial charge is 0.251 e. The first kappa shape index (κ1) is 26.0. The van der Waals surface area contributed by atoms with Crippen LogP contribution in [0.5, 0.6) is 0 Å². The minimum Gasteiger partial charge on any atom is -0.344 e. The van der Waals surface area contributed by atoms with E-state index >= 15 is 0 Å². The van der Waals surface area contributed by atoms with Crippen LogP contribution in [0.15, 0.2) is 84.9 Å². The number of ketones is 2. The van der Waals surface area contributed by atoms with Crippen LogP contribution in [0.3, 0.4) is 0 Å². The lowest BCUT2D eigenvalue weighted by Gasteiger charge is -2.32. The van der Waals surface area contributed by atoms with Gasteiger partial charge in [-0.25, -0.2) is 0 Å². The van der Waals surface area contributed by atoms with Crippen molar-refractivity contribution in [2.45, 2.75) is 50.2 Å². The highest BCUT2D eigenvalue weighted by molar-refractivity contribution is 6.38. The van der Waals surface area contributed by atoms with Crippen molar-refractivity contribution in [1.29, 1.82) is 0 Å². The molecule has 196 valence electrons. The van der Waals surface area contributed by atoms with Gasteiger partial charge in [0.05, 0.1) is 6.54 Å². The number of nitrogens with zero attached hydrogens (tertiary/aromatic N) is 1. The molecule has 5 rings (SSSR count). The largest absolute Gasteiger partial charge is 0.344 e. The molecule has 3 aromatic rings. The highest BCUT2D eigenvalue weighted by Gasteiger charge is 2.39. The maximum absolute atomic E-state index is 12.5. The number of likely N-dealkylation sites (tertiary alicyclic amines) is 1. The summed E-state index contributed by atoms with van der Waals surface area (Å²) >= 11 is 0. The first-order valence-electron chi connectivity index (χ1n) is 13.6. The van der Waals surface area contributed by atoms with Gasteiger partial charge in [0.1, 0.15) is 0 Å². The fourth-order valence-electron chi connectivity index (χ4n) is 5.27. The van der Waals surface area contributed by atoms with Crippen molar-refractivity contribution in [2.24, 2.45) is 0 Å². The number of Topliss-reactive ketones (excluding diaryl/α,β-unsaturated/α-hetero) is 2. The van der Waals surface area contributed by atoms with Gasteiger partial charge in [0.25, 0.3) is 5.91 Å². The first-order chi connectivity index (χ1) is 18.5. The lowest BCUT2D eigenvalue weighted by Crippen LogP contribution is -2.43. The molecule has 1 saturated carbocycles. The molecule has 1 amide bonds. The molecule has 0 aromatic heterocycles. The average molecular weight is 510 g/mol. The molecular weight excluding hydrogens is 474 g/mol. The minimum atomic E-state index is -0.589. The zero-order valence-corrected chi connectivity index (χ0v) is 21.6. The van der Waals surface area contributed by atoms with Crippen LogP contribution >= 0.6 is 0 Å². The Kier molecular flexibility index (Phi) is 8.41. The topological polar surface area (TPSA) is 78.5 Å². The van der Waals surface area contributed by atoms with Crippen molar-refractivity contribution in [2.75, 3.05) is 19.6 Å². The molecule has 0 bridgehead atoms. The van der Waals surface area contributed by atoms with Crippen LogP contribution in [0.1, 0.15) is 52.2 Å². The normalized spacial score (nSPS) is 19.6. The second-order valence-corrected chi connectivity index (χ2v) is 10.5. The third-order valence-corrected chi connectivity index (χ3v) is 7.61. The predicted octanol–water partition coefficient (Wildman–Crippen LogP) is 3.91. The molecule has 2 atom stereocenters. The van der Waals surface area contributed by atoms with Crippen molar-refractivity contribution in [1.82, 2.24) is 15.5 Å². The van der Waals surface area contributed by atoms with E-state index in [1.54, 1.807) is 24.3 Å². The Morgan fingerprint density at radius 3 is 2.11 bits per heavy atom. The van der Waals surface area contributed by atoms with Crippen molar-refractivity contribution in [3.63, 3.8) is 0 Å². The molecule has 1 saturated heterocycles. The Morgan fingerprint density at radius 1 is 0.763 bits per heavy atom. The van der Waals surface area contributed by atoms with Crippen LogP contribution in [-0.4, -0.2) is 54.1 Å². The molecule has 2 fully saturated rings. The lowest BCUT2D eigenvalue weighted by molar-refractivity contribution is -0.135. The summed E-state index contributed by atoms with van der Waals surface area (Å²) in [5.41, 5.74) is 3.88. The monoisotopic (exact) mass is 509 g/mol. The number of hydrogen-bond donors (Lipinski definition) is 2. The third-order valence-electron chi connectivity index (χ3n) is 7.61. The second kappa shape index (κ2) is 12.3. The summed E-state index contributed by atoms with van der Waals surface area (Å²) in [5.74, 6) is -0.774. The maximum Gasteiger partial charge on any atom is 0.251 e. The molecule has 1 aliphatic carbocycles. The number of hydrogen-bond acceptors (Lipinski definition) is 5. The third kappa shape index (κ3) is 7.03. The number of amides is 1. The summed E-state index contributed by atoms with van der Waals surface area (Å²) < 4.78 is 0.